The van der Waals surface area contributed by atoms with E-state index in [4.69, 9.17) is 13.3 Å². The molecule has 3 heterocycles. The van der Waals surface area contributed by atoms with Crippen molar-refractivity contribution in [3.63, 3.8) is 0 Å². The van der Waals surface area contributed by atoms with E-state index in [1.165, 1.54) is 16.7 Å². The van der Waals surface area contributed by atoms with E-state index in [0.29, 0.717) is 52.0 Å². The van der Waals surface area contributed by atoms with Gasteiger partial charge in [0.1, 0.15) is 0 Å². The molecule has 0 saturated carbocycles. The van der Waals surface area contributed by atoms with Crippen molar-refractivity contribution in [2.75, 3.05) is 0 Å². The molecule has 4 aromatic carbocycles. The van der Waals surface area contributed by atoms with Crippen LogP contribution >= 0.6 is 0 Å². The zero-order valence-electron chi connectivity index (χ0n) is 30.6. The Labute approximate surface area is 298 Å². The van der Waals surface area contributed by atoms with E-state index in [0.717, 1.165) is 16.7 Å². The summed E-state index contributed by atoms with van der Waals surface area (Å²) in [5, 5.41) is 26.4. The molecule has 9 nitrogen and oxygen atoms in total. The molecule has 3 aromatic heterocycles. The summed E-state index contributed by atoms with van der Waals surface area (Å²) in [7, 11) is 0. The molecule has 0 spiro atoms. The van der Waals surface area contributed by atoms with Gasteiger partial charge in [-0.3, -0.25) is 0 Å². The molecule has 0 atom stereocenters. The minimum atomic E-state index is 0.0321. The van der Waals surface area contributed by atoms with Gasteiger partial charge in [0.05, 0.1) is 0 Å². The van der Waals surface area contributed by atoms with Gasteiger partial charge in [0, 0.05) is 33.4 Å². The molecule has 0 aliphatic heterocycles. The van der Waals surface area contributed by atoms with Crippen molar-refractivity contribution in [2.45, 2.75) is 78.6 Å². The molecule has 0 N–H and O–H groups in total. The highest BCUT2D eigenvalue weighted by atomic mass is 16.4. The van der Waals surface area contributed by atoms with E-state index >= 15 is 0 Å². The molecular formula is C42H42N6O3. The molecule has 9 heteroatoms. The third kappa shape index (κ3) is 7.15. The van der Waals surface area contributed by atoms with Crippen molar-refractivity contribution < 1.29 is 13.3 Å². The Kier molecular flexibility index (Phi) is 8.32. The summed E-state index contributed by atoms with van der Waals surface area (Å²) in [6, 6.07) is 30.2. The maximum absolute atomic E-state index is 6.23. The van der Waals surface area contributed by atoms with Crippen LogP contribution in [0.4, 0.5) is 0 Å². The fourth-order valence-electron chi connectivity index (χ4n) is 5.71. The first-order chi connectivity index (χ1) is 24.1. The summed E-state index contributed by atoms with van der Waals surface area (Å²) < 4.78 is 18.7. The zero-order chi connectivity index (χ0) is 36.1. The number of aromatic nitrogens is 6. The van der Waals surface area contributed by atoms with Gasteiger partial charge < -0.3 is 13.3 Å². The van der Waals surface area contributed by atoms with Gasteiger partial charge in [-0.15, -0.1) is 30.6 Å². The quantitative estimate of drug-likeness (QED) is 0.169. The molecule has 51 heavy (non-hydrogen) atoms. The highest BCUT2D eigenvalue weighted by Gasteiger charge is 2.21. The Bertz CT molecular complexity index is 2020. The molecule has 0 saturated heterocycles. The minimum Gasteiger partial charge on any atom is -0.416 e. The van der Waals surface area contributed by atoms with Crippen molar-refractivity contribution in [2.24, 2.45) is 0 Å². The number of nitrogens with zero attached hydrogens (tertiary/aromatic N) is 6. The maximum Gasteiger partial charge on any atom is 0.248 e. The van der Waals surface area contributed by atoms with Crippen molar-refractivity contribution in [1.29, 1.82) is 0 Å². The molecule has 0 aliphatic rings. The molecule has 7 rings (SSSR count). The van der Waals surface area contributed by atoms with Crippen LogP contribution in [0.1, 0.15) is 79.0 Å². The Morgan fingerprint density at radius 3 is 0.686 bits per heavy atom. The van der Waals surface area contributed by atoms with E-state index in [1.54, 1.807) is 0 Å². The summed E-state index contributed by atoms with van der Waals surface area (Å²) in [6.45, 7) is 19.6. The number of rotatable bonds is 6. The van der Waals surface area contributed by atoms with Crippen molar-refractivity contribution in [1.82, 2.24) is 30.6 Å². The van der Waals surface area contributed by atoms with E-state index in [-0.39, 0.29) is 16.2 Å². The SMILES string of the molecule is CC(C)(C)c1ccc(-c2nnc(-c3cc(-c4nnc(-c5ccc(C(C)(C)C)cc5)o4)cc(-c4nnc(-c5ccc(C(C)(C)C)cc5)o4)c3)o2)cc1. The topological polar surface area (TPSA) is 117 Å². The molecule has 0 radical (unpaired) electrons. The number of hydrogen-bond acceptors (Lipinski definition) is 9. The number of benzene rings is 4. The average molecular weight is 679 g/mol. The lowest BCUT2D eigenvalue weighted by Crippen LogP contribution is -2.10. The third-order valence-corrected chi connectivity index (χ3v) is 8.94. The van der Waals surface area contributed by atoms with Crippen molar-refractivity contribution in [3.05, 3.63) is 108 Å². The predicted molar refractivity (Wildman–Crippen MR) is 199 cm³/mol. The summed E-state index contributed by atoms with van der Waals surface area (Å²) in [5.41, 5.74) is 8.15. The van der Waals surface area contributed by atoms with Crippen LogP contribution in [0.2, 0.25) is 0 Å². The lowest BCUT2D eigenvalue weighted by Gasteiger charge is -2.18. The Morgan fingerprint density at radius 1 is 0.294 bits per heavy atom. The van der Waals surface area contributed by atoms with Gasteiger partial charge in [-0.25, -0.2) is 0 Å². The van der Waals surface area contributed by atoms with Crippen LogP contribution in [-0.4, -0.2) is 30.6 Å². The van der Waals surface area contributed by atoms with Gasteiger partial charge >= 0.3 is 0 Å². The van der Waals surface area contributed by atoms with Crippen LogP contribution in [-0.2, 0) is 16.2 Å². The van der Waals surface area contributed by atoms with Gasteiger partial charge in [-0.05, 0) is 87.5 Å². The van der Waals surface area contributed by atoms with Gasteiger partial charge in [0.25, 0.3) is 0 Å². The van der Waals surface area contributed by atoms with Crippen LogP contribution in [0, 0.1) is 0 Å². The third-order valence-electron chi connectivity index (χ3n) is 8.94. The van der Waals surface area contributed by atoms with E-state index in [9.17, 15) is 0 Å². The standard InChI is InChI=1S/C42H42N6O3/c1-40(2,3)31-16-10-25(11-17-31)34-43-46-37(49-34)28-22-29(38-47-44-35(50-38)26-12-18-32(19-13-26)41(4,5)6)24-30(23-28)39-48-45-36(51-39)27-14-20-33(21-15-27)42(7,8)9/h10-24H,1-9H3. The highest BCUT2D eigenvalue weighted by molar-refractivity contribution is 5.74. The van der Waals surface area contributed by atoms with Crippen LogP contribution in [0.15, 0.2) is 104 Å². The van der Waals surface area contributed by atoms with E-state index < -0.39 is 0 Å². The van der Waals surface area contributed by atoms with Crippen LogP contribution in [0.3, 0.4) is 0 Å². The van der Waals surface area contributed by atoms with Crippen LogP contribution in [0.25, 0.3) is 68.7 Å². The highest BCUT2D eigenvalue weighted by Crippen LogP contribution is 2.36. The summed E-state index contributed by atoms with van der Waals surface area (Å²) >= 11 is 0. The first-order valence-electron chi connectivity index (χ1n) is 17.1. The Balaban J connectivity index is 1.26. The van der Waals surface area contributed by atoms with E-state index in [1.807, 2.05) is 54.6 Å². The van der Waals surface area contributed by atoms with Gasteiger partial charge in [0.15, 0.2) is 0 Å². The lowest BCUT2D eigenvalue weighted by molar-refractivity contribution is 0.578. The molecule has 258 valence electrons. The first kappa shape index (κ1) is 33.8. The summed E-state index contributed by atoms with van der Waals surface area (Å²) in [5.74, 6) is 2.20. The van der Waals surface area contributed by atoms with Gasteiger partial charge in [-0.1, -0.05) is 98.7 Å². The molecule has 0 aliphatic carbocycles. The molecular weight excluding hydrogens is 637 g/mol. The summed E-state index contributed by atoms with van der Waals surface area (Å²) in [4.78, 5) is 0. The second kappa shape index (κ2) is 12.6. The molecule has 7 aromatic rings. The maximum atomic E-state index is 6.23. The van der Waals surface area contributed by atoms with E-state index in [2.05, 4.69) is 129 Å². The second-order valence-corrected chi connectivity index (χ2v) is 16.0. The van der Waals surface area contributed by atoms with Gasteiger partial charge in [-0.2, -0.15) is 0 Å². The lowest BCUT2D eigenvalue weighted by atomic mass is 9.87. The molecule has 0 unspecified atom stereocenters. The number of hydrogen-bond donors (Lipinski definition) is 0. The van der Waals surface area contributed by atoms with Crippen LogP contribution in [0.5, 0.6) is 0 Å². The second-order valence-electron chi connectivity index (χ2n) is 16.0. The van der Waals surface area contributed by atoms with Crippen LogP contribution < -0.4 is 0 Å². The average Bonchev–Trinajstić information content (AvgIpc) is 3.89. The van der Waals surface area contributed by atoms with Crippen molar-refractivity contribution in [3.8, 4) is 68.7 Å². The zero-order valence-corrected chi connectivity index (χ0v) is 30.6. The van der Waals surface area contributed by atoms with Crippen molar-refractivity contribution >= 4 is 0 Å². The predicted octanol–water partition coefficient (Wildman–Crippen LogP) is 10.7. The molecule has 0 bridgehead atoms. The smallest absolute Gasteiger partial charge is 0.248 e. The Hall–Kier alpha value is -5.70. The molecule has 0 amide bonds. The normalized spacial score (nSPS) is 12.4. The monoisotopic (exact) mass is 678 g/mol. The largest absolute Gasteiger partial charge is 0.416 e. The molecule has 0 fully saturated rings. The minimum absolute atomic E-state index is 0.0321. The summed E-state index contributed by atoms with van der Waals surface area (Å²) in [6.07, 6.45) is 0. The first-order valence-corrected chi connectivity index (χ1v) is 17.1. The Morgan fingerprint density at radius 2 is 0.490 bits per heavy atom. The fourth-order valence-corrected chi connectivity index (χ4v) is 5.71. The fraction of sp³-hybridized carbons (Fsp3) is 0.286. The van der Waals surface area contributed by atoms with Gasteiger partial charge in [0.2, 0.25) is 35.3 Å².